The van der Waals surface area contributed by atoms with Crippen LogP contribution in [-0.4, -0.2) is 22.4 Å². The maximum absolute atomic E-state index is 13.0. The van der Waals surface area contributed by atoms with Crippen molar-refractivity contribution in [3.8, 4) is 0 Å². The predicted octanol–water partition coefficient (Wildman–Crippen LogP) is 3.37. The number of nitrogens with one attached hydrogen (secondary N) is 2. The number of carbonyl (C=O) groups is 3. The summed E-state index contributed by atoms with van der Waals surface area (Å²) in [6, 6.07) is 6.97. The molecule has 2 N–H and O–H groups in total. The Bertz CT molecular complexity index is 779. The summed E-state index contributed by atoms with van der Waals surface area (Å²) >= 11 is 6.78. The smallest absolute Gasteiger partial charge is 0.270 e. The van der Waals surface area contributed by atoms with Crippen molar-refractivity contribution in [2.24, 2.45) is 16.2 Å². The zero-order chi connectivity index (χ0) is 18.6. The molecule has 0 spiro atoms. The van der Waals surface area contributed by atoms with Crippen molar-refractivity contribution >= 4 is 49.5 Å². The number of Topliss-reactive ketones (excluding diaryl/α,β-unsaturated/α-hetero) is 1. The van der Waals surface area contributed by atoms with Crippen LogP contribution in [0.15, 0.2) is 28.7 Å². The highest BCUT2D eigenvalue weighted by Gasteiger charge is 2.76. The number of alkyl halides is 1. The van der Waals surface area contributed by atoms with Crippen molar-refractivity contribution in [1.29, 1.82) is 0 Å². The molecule has 0 aliphatic heterocycles. The molecule has 2 amide bonds. The molecule has 1 aromatic rings. The third kappa shape index (κ3) is 2.28. The predicted molar refractivity (Wildman–Crippen MR) is 101 cm³/mol. The van der Waals surface area contributed by atoms with Gasteiger partial charge >= 0.3 is 0 Å². The van der Waals surface area contributed by atoms with Gasteiger partial charge in [-0.2, -0.15) is 0 Å². The number of fused-ring (bicyclic) bond motifs is 2. The minimum Gasteiger partial charge on any atom is -0.298 e. The Balaban J connectivity index is 1.81. The van der Waals surface area contributed by atoms with Crippen LogP contribution in [0.1, 0.15) is 44.0 Å². The summed E-state index contributed by atoms with van der Waals surface area (Å²) in [7, 11) is 0. The number of hydrogen-bond donors (Lipinski definition) is 2. The molecule has 2 fully saturated rings. The molecule has 5 nitrogen and oxygen atoms in total. The molecule has 25 heavy (non-hydrogen) atoms. The molecular weight excluding hydrogens is 452 g/mol. The average molecular weight is 472 g/mol. The summed E-state index contributed by atoms with van der Waals surface area (Å²) in [5.74, 6) is -0.670. The highest BCUT2D eigenvalue weighted by Crippen LogP contribution is 2.72. The van der Waals surface area contributed by atoms with E-state index in [9.17, 15) is 14.4 Å². The van der Waals surface area contributed by atoms with Crippen LogP contribution >= 0.6 is 31.9 Å². The van der Waals surface area contributed by atoms with Crippen molar-refractivity contribution < 1.29 is 14.4 Å². The maximum Gasteiger partial charge on any atom is 0.270 e. The van der Waals surface area contributed by atoms with Crippen LogP contribution < -0.4 is 10.9 Å². The Morgan fingerprint density at radius 3 is 2.32 bits per heavy atom. The standard InChI is InChI=1S/C18H20Br2N2O3/c1-16(2)17(3)8-9-18(16,12(20)13(17)23)15(25)22-21-14(24)10-6-4-5-7-11(10)19/h4-7,12H,8-9H2,1-3H3,(H,21,24)(H,22,25). The SMILES string of the molecule is CC12CCC(C(=O)NNC(=O)c3ccccc3Br)(C(Br)C1=O)C2(C)C. The first kappa shape index (κ1) is 18.6. The van der Waals surface area contributed by atoms with Crippen molar-refractivity contribution in [3.05, 3.63) is 34.3 Å². The van der Waals surface area contributed by atoms with Gasteiger partial charge in [-0.25, -0.2) is 0 Å². The first-order valence-electron chi connectivity index (χ1n) is 8.13. The second-order valence-corrected chi connectivity index (χ2v) is 9.31. The van der Waals surface area contributed by atoms with Gasteiger partial charge in [0.1, 0.15) is 0 Å². The van der Waals surface area contributed by atoms with Gasteiger partial charge in [0.25, 0.3) is 5.91 Å². The maximum atomic E-state index is 13.0. The van der Waals surface area contributed by atoms with Crippen LogP contribution in [0.4, 0.5) is 0 Å². The van der Waals surface area contributed by atoms with Crippen LogP contribution in [0.3, 0.4) is 0 Å². The van der Waals surface area contributed by atoms with Gasteiger partial charge in [-0.15, -0.1) is 0 Å². The lowest BCUT2D eigenvalue weighted by Gasteiger charge is -2.39. The van der Waals surface area contributed by atoms with E-state index in [4.69, 9.17) is 0 Å². The van der Waals surface area contributed by atoms with Crippen LogP contribution in [0.5, 0.6) is 0 Å². The molecule has 0 aromatic heterocycles. The fraction of sp³-hybridized carbons (Fsp3) is 0.500. The Morgan fingerprint density at radius 2 is 1.76 bits per heavy atom. The first-order valence-corrected chi connectivity index (χ1v) is 9.84. The lowest BCUT2D eigenvalue weighted by molar-refractivity contribution is -0.136. The molecule has 3 unspecified atom stereocenters. The van der Waals surface area contributed by atoms with Gasteiger partial charge in [0, 0.05) is 9.89 Å². The van der Waals surface area contributed by atoms with Gasteiger partial charge < -0.3 is 0 Å². The van der Waals surface area contributed by atoms with Gasteiger partial charge in [0.05, 0.1) is 15.8 Å². The molecule has 3 atom stereocenters. The number of ketones is 1. The summed E-state index contributed by atoms with van der Waals surface area (Å²) in [6.45, 7) is 5.87. The summed E-state index contributed by atoms with van der Waals surface area (Å²) in [5, 5.41) is 0. The zero-order valence-corrected chi connectivity index (χ0v) is 17.5. The summed E-state index contributed by atoms with van der Waals surface area (Å²) < 4.78 is 0.642. The molecule has 134 valence electrons. The summed E-state index contributed by atoms with van der Waals surface area (Å²) in [6.07, 6.45) is 1.28. The van der Waals surface area contributed by atoms with Crippen LogP contribution in [-0.2, 0) is 9.59 Å². The van der Waals surface area contributed by atoms with Crippen molar-refractivity contribution in [1.82, 2.24) is 10.9 Å². The molecule has 2 bridgehead atoms. The van der Waals surface area contributed by atoms with E-state index in [1.54, 1.807) is 24.3 Å². The van der Waals surface area contributed by atoms with E-state index in [-0.39, 0.29) is 11.7 Å². The van der Waals surface area contributed by atoms with Gasteiger partial charge in [0.2, 0.25) is 5.91 Å². The Hall–Kier alpha value is -1.21. The van der Waals surface area contributed by atoms with E-state index in [0.29, 0.717) is 22.9 Å². The molecule has 3 rings (SSSR count). The number of hydrazine groups is 1. The normalized spacial score (nSPS) is 32.5. The molecule has 2 aliphatic rings. The van der Waals surface area contributed by atoms with Crippen LogP contribution in [0.2, 0.25) is 0 Å². The van der Waals surface area contributed by atoms with Crippen LogP contribution in [0.25, 0.3) is 0 Å². The first-order chi connectivity index (χ1) is 11.6. The minimum atomic E-state index is -0.875. The van der Waals surface area contributed by atoms with E-state index < -0.39 is 27.0 Å². The molecule has 7 heteroatoms. The fourth-order valence-electron chi connectivity index (χ4n) is 4.39. The second-order valence-electron chi connectivity index (χ2n) is 7.54. The number of carbonyl (C=O) groups excluding carboxylic acids is 3. The van der Waals surface area contributed by atoms with E-state index in [2.05, 4.69) is 42.7 Å². The molecule has 0 heterocycles. The lowest BCUT2D eigenvalue weighted by atomic mass is 9.64. The fourth-order valence-corrected chi connectivity index (χ4v) is 6.37. The number of halogens is 2. The quantitative estimate of drug-likeness (QED) is 0.512. The third-order valence-electron chi connectivity index (χ3n) is 6.53. The number of benzene rings is 1. The molecule has 0 saturated heterocycles. The van der Waals surface area contributed by atoms with E-state index in [0.717, 1.165) is 0 Å². The summed E-state index contributed by atoms with van der Waals surface area (Å²) in [5.41, 5.74) is 3.54. The Morgan fingerprint density at radius 1 is 1.12 bits per heavy atom. The largest absolute Gasteiger partial charge is 0.298 e. The van der Waals surface area contributed by atoms with Gasteiger partial charge in [-0.3, -0.25) is 25.2 Å². The van der Waals surface area contributed by atoms with Crippen molar-refractivity contribution in [2.45, 2.75) is 38.4 Å². The van der Waals surface area contributed by atoms with Gasteiger partial charge in [-0.1, -0.05) is 48.8 Å². The number of hydrogen-bond acceptors (Lipinski definition) is 3. The Labute approximate surface area is 163 Å². The molecule has 0 radical (unpaired) electrons. The topological polar surface area (TPSA) is 75.3 Å². The number of amides is 2. The van der Waals surface area contributed by atoms with E-state index in [1.807, 2.05) is 20.8 Å². The molecular formula is C18H20Br2N2O3. The highest BCUT2D eigenvalue weighted by molar-refractivity contribution is 9.10. The second kappa shape index (κ2) is 5.91. The lowest BCUT2D eigenvalue weighted by Crippen LogP contribution is -2.55. The molecule has 2 saturated carbocycles. The third-order valence-corrected chi connectivity index (χ3v) is 8.42. The molecule has 1 aromatic carbocycles. The zero-order valence-electron chi connectivity index (χ0n) is 14.3. The number of rotatable bonds is 2. The minimum absolute atomic E-state index is 0.0658. The van der Waals surface area contributed by atoms with E-state index in [1.165, 1.54) is 0 Å². The monoisotopic (exact) mass is 470 g/mol. The van der Waals surface area contributed by atoms with Crippen LogP contribution in [0, 0.1) is 16.2 Å². The molecule has 2 aliphatic carbocycles. The highest BCUT2D eigenvalue weighted by atomic mass is 79.9. The van der Waals surface area contributed by atoms with E-state index >= 15 is 0 Å². The van der Waals surface area contributed by atoms with Gasteiger partial charge in [-0.05, 0) is 46.3 Å². The van der Waals surface area contributed by atoms with Gasteiger partial charge in [0.15, 0.2) is 5.78 Å². The van der Waals surface area contributed by atoms with Crippen molar-refractivity contribution in [2.75, 3.05) is 0 Å². The Kier molecular flexibility index (Phi) is 4.39. The summed E-state index contributed by atoms with van der Waals surface area (Å²) in [4.78, 5) is 37.5. The average Bonchev–Trinajstić information content (AvgIpc) is 2.84. The van der Waals surface area contributed by atoms with Crippen molar-refractivity contribution in [3.63, 3.8) is 0 Å².